The first-order valence-electron chi connectivity index (χ1n) is 7.92. The van der Waals surface area contributed by atoms with Crippen molar-refractivity contribution in [1.29, 1.82) is 0 Å². The number of amides is 1. The minimum atomic E-state index is 0.0433. The van der Waals surface area contributed by atoms with Gasteiger partial charge in [-0.3, -0.25) is 9.48 Å². The number of benzene rings is 1. The molecular formula is C18H26N4O. The number of aromatic nitrogens is 2. The summed E-state index contributed by atoms with van der Waals surface area (Å²) in [7, 11) is 4.02. The summed E-state index contributed by atoms with van der Waals surface area (Å²) in [6.07, 6.45) is 0.428. The Morgan fingerprint density at radius 2 is 1.91 bits per heavy atom. The highest BCUT2D eigenvalue weighted by atomic mass is 16.1. The molecule has 1 amide bonds. The van der Waals surface area contributed by atoms with E-state index >= 15 is 0 Å². The van der Waals surface area contributed by atoms with Crippen LogP contribution in [0.3, 0.4) is 0 Å². The molecule has 2 rings (SSSR count). The van der Waals surface area contributed by atoms with Gasteiger partial charge in [-0.1, -0.05) is 12.1 Å². The molecule has 0 fully saturated rings. The Balaban J connectivity index is 1.86. The van der Waals surface area contributed by atoms with Gasteiger partial charge < -0.3 is 10.2 Å². The maximum absolute atomic E-state index is 12.1. The molecule has 1 aromatic heterocycles. The second-order valence-corrected chi connectivity index (χ2v) is 6.26. The van der Waals surface area contributed by atoms with Gasteiger partial charge in [0.15, 0.2) is 0 Å². The maximum Gasteiger partial charge on any atom is 0.222 e. The Bertz CT molecular complexity index is 658. The van der Waals surface area contributed by atoms with Gasteiger partial charge in [0.1, 0.15) is 0 Å². The minimum absolute atomic E-state index is 0.0433. The largest absolute Gasteiger partial charge is 0.378 e. The van der Waals surface area contributed by atoms with E-state index in [2.05, 4.69) is 27.4 Å². The molecule has 124 valence electrons. The molecule has 0 bridgehead atoms. The highest BCUT2D eigenvalue weighted by Gasteiger charge is 2.13. The van der Waals surface area contributed by atoms with Crippen molar-refractivity contribution in [3.63, 3.8) is 0 Å². The normalized spacial score (nSPS) is 12.0. The second-order valence-electron chi connectivity index (χ2n) is 6.26. The number of carbonyl (C=O) groups is 1. The summed E-state index contributed by atoms with van der Waals surface area (Å²) in [5.74, 6) is 0.0433. The Labute approximate surface area is 138 Å². The smallest absolute Gasteiger partial charge is 0.222 e. The van der Waals surface area contributed by atoms with Crippen molar-refractivity contribution in [3.05, 3.63) is 47.3 Å². The molecule has 0 spiro atoms. The molecule has 1 atom stereocenters. The van der Waals surface area contributed by atoms with E-state index in [1.807, 2.05) is 57.7 Å². The van der Waals surface area contributed by atoms with E-state index in [9.17, 15) is 4.79 Å². The molecule has 0 saturated heterocycles. The average molecular weight is 314 g/mol. The first-order chi connectivity index (χ1) is 10.9. The molecule has 0 aliphatic carbocycles. The van der Waals surface area contributed by atoms with Crippen LogP contribution >= 0.6 is 0 Å². The minimum Gasteiger partial charge on any atom is -0.378 e. The molecule has 1 heterocycles. The van der Waals surface area contributed by atoms with Crippen LogP contribution in [0.15, 0.2) is 30.3 Å². The van der Waals surface area contributed by atoms with E-state index in [-0.39, 0.29) is 11.9 Å². The second kappa shape index (κ2) is 7.31. The average Bonchev–Trinajstić information content (AvgIpc) is 2.84. The number of nitrogens with one attached hydrogen (secondary N) is 1. The third-order valence-corrected chi connectivity index (χ3v) is 3.89. The molecule has 0 unspecified atom stereocenters. The Hall–Kier alpha value is -2.30. The first kappa shape index (κ1) is 17.1. The Morgan fingerprint density at radius 3 is 2.43 bits per heavy atom. The van der Waals surface area contributed by atoms with Gasteiger partial charge >= 0.3 is 0 Å². The van der Waals surface area contributed by atoms with Gasteiger partial charge in [-0.25, -0.2) is 0 Å². The fraction of sp³-hybridized carbons (Fsp3) is 0.444. The third-order valence-electron chi connectivity index (χ3n) is 3.89. The van der Waals surface area contributed by atoms with Gasteiger partial charge in [0.05, 0.1) is 11.7 Å². The van der Waals surface area contributed by atoms with Crippen molar-refractivity contribution in [2.75, 3.05) is 19.0 Å². The predicted molar refractivity (Wildman–Crippen MR) is 93.6 cm³/mol. The third kappa shape index (κ3) is 4.58. The van der Waals surface area contributed by atoms with Gasteiger partial charge in [0.2, 0.25) is 5.91 Å². The monoisotopic (exact) mass is 314 g/mol. The molecular weight excluding hydrogens is 288 g/mol. The van der Waals surface area contributed by atoms with Crippen molar-refractivity contribution in [1.82, 2.24) is 15.1 Å². The van der Waals surface area contributed by atoms with Gasteiger partial charge in [-0.2, -0.15) is 5.10 Å². The summed E-state index contributed by atoms with van der Waals surface area (Å²) in [4.78, 5) is 14.2. The fourth-order valence-corrected chi connectivity index (χ4v) is 2.63. The summed E-state index contributed by atoms with van der Waals surface area (Å²) >= 11 is 0. The Kier molecular flexibility index (Phi) is 5.42. The van der Waals surface area contributed by atoms with Crippen LogP contribution in [0.25, 0.3) is 0 Å². The lowest BCUT2D eigenvalue weighted by atomic mass is 10.2. The first-order valence-corrected chi connectivity index (χ1v) is 7.92. The zero-order valence-electron chi connectivity index (χ0n) is 14.6. The lowest BCUT2D eigenvalue weighted by Gasteiger charge is -2.15. The van der Waals surface area contributed by atoms with Crippen LogP contribution in [-0.4, -0.2) is 29.8 Å². The van der Waals surface area contributed by atoms with Crippen LogP contribution in [0.4, 0.5) is 5.69 Å². The zero-order chi connectivity index (χ0) is 17.0. The van der Waals surface area contributed by atoms with E-state index in [4.69, 9.17) is 0 Å². The molecule has 1 N–H and O–H groups in total. The number of aryl methyl sites for hydroxylation is 2. The van der Waals surface area contributed by atoms with Gasteiger partial charge in [-0.15, -0.1) is 0 Å². The van der Waals surface area contributed by atoms with E-state index in [0.717, 1.165) is 22.6 Å². The quantitative estimate of drug-likeness (QED) is 0.892. The number of anilines is 1. The number of nitrogens with zero attached hydrogens (tertiary/aromatic N) is 3. The lowest BCUT2D eigenvalue weighted by Crippen LogP contribution is -2.26. The highest BCUT2D eigenvalue weighted by Crippen LogP contribution is 2.15. The number of rotatable bonds is 6. The molecule has 2 aromatic rings. The van der Waals surface area contributed by atoms with E-state index in [1.165, 1.54) is 0 Å². The van der Waals surface area contributed by atoms with Crippen molar-refractivity contribution >= 4 is 11.6 Å². The summed E-state index contributed by atoms with van der Waals surface area (Å²) in [5, 5.41) is 7.42. The molecule has 23 heavy (non-hydrogen) atoms. The summed E-state index contributed by atoms with van der Waals surface area (Å²) in [6.45, 7) is 6.55. The molecule has 0 saturated carbocycles. The standard InChI is InChI=1S/C18H26N4O/c1-13-10-14(2)22(20-13)15(3)11-18(23)19-12-16-6-8-17(9-7-16)21(4)5/h6-10,15H,11-12H2,1-5H3,(H,19,23)/t15-/m0/s1. The molecule has 5 nitrogen and oxygen atoms in total. The zero-order valence-corrected chi connectivity index (χ0v) is 14.6. The highest BCUT2D eigenvalue weighted by molar-refractivity contribution is 5.76. The summed E-state index contributed by atoms with van der Waals surface area (Å²) < 4.78 is 1.92. The Morgan fingerprint density at radius 1 is 1.26 bits per heavy atom. The summed E-state index contributed by atoms with van der Waals surface area (Å²) in [6, 6.07) is 10.3. The molecule has 5 heteroatoms. The molecule has 0 radical (unpaired) electrons. The van der Waals surface area contributed by atoms with Crippen LogP contribution in [0.2, 0.25) is 0 Å². The van der Waals surface area contributed by atoms with Crippen molar-refractivity contribution in [2.45, 2.75) is 39.8 Å². The van der Waals surface area contributed by atoms with Crippen LogP contribution < -0.4 is 10.2 Å². The van der Waals surface area contributed by atoms with Crippen LogP contribution in [0.5, 0.6) is 0 Å². The summed E-state index contributed by atoms with van der Waals surface area (Å²) in [5.41, 5.74) is 4.32. The fourth-order valence-electron chi connectivity index (χ4n) is 2.63. The topological polar surface area (TPSA) is 50.2 Å². The van der Waals surface area contributed by atoms with E-state index in [0.29, 0.717) is 13.0 Å². The maximum atomic E-state index is 12.1. The van der Waals surface area contributed by atoms with Gasteiger partial charge in [-0.05, 0) is 44.5 Å². The van der Waals surface area contributed by atoms with Gasteiger partial charge in [0, 0.05) is 38.4 Å². The van der Waals surface area contributed by atoms with E-state index < -0.39 is 0 Å². The number of hydrogen-bond donors (Lipinski definition) is 1. The molecule has 0 aliphatic heterocycles. The number of hydrogen-bond acceptors (Lipinski definition) is 3. The van der Waals surface area contributed by atoms with Gasteiger partial charge in [0.25, 0.3) is 0 Å². The van der Waals surface area contributed by atoms with Crippen molar-refractivity contribution < 1.29 is 4.79 Å². The van der Waals surface area contributed by atoms with Crippen LogP contribution in [0.1, 0.15) is 36.3 Å². The molecule has 1 aromatic carbocycles. The SMILES string of the molecule is Cc1cc(C)n([C@@H](C)CC(=O)NCc2ccc(N(C)C)cc2)n1. The lowest BCUT2D eigenvalue weighted by molar-refractivity contribution is -0.122. The molecule has 0 aliphatic rings. The number of carbonyl (C=O) groups excluding carboxylic acids is 1. The van der Waals surface area contributed by atoms with Crippen LogP contribution in [-0.2, 0) is 11.3 Å². The van der Waals surface area contributed by atoms with Crippen molar-refractivity contribution in [2.24, 2.45) is 0 Å². The van der Waals surface area contributed by atoms with E-state index in [1.54, 1.807) is 0 Å². The van der Waals surface area contributed by atoms with Crippen LogP contribution in [0, 0.1) is 13.8 Å². The van der Waals surface area contributed by atoms with Crippen molar-refractivity contribution in [3.8, 4) is 0 Å². The predicted octanol–water partition coefficient (Wildman–Crippen LogP) is 2.83.